The number of thioether (sulfide) groups is 1. The molecule has 0 unspecified atom stereocenters. The Morgan fingerprint density at radius 2 is 1.80 bits per heavy atom. The van der Waals surface area contributed by atoms with Crippen molar-refractivity contribution in [3.63, 3.8) is 0 Å². The standard InChI is InChI=1S/C15H27NO3S/c1-4-15(5-2,20-3)11-16-12(17)10-14(13(18)19)8-6-7-9-14/h4-11H2,1-3H3,(H,16,17)(H,18,19). The molecule has 1 fully saturated rings. The number of aliphatic carboxylic acids is 1. The molecule has 0 aromatic rings. The van der Waals surface area contributed by atoms with E-state index in [-0.39, 0.29) is 17.1 Å². The van der Waals surface area contributed by atoms with Crippen LogP contribution in [0.2, 0.25) is 0 Å². The van der Waals surface area contributed by atoms with Crippen LogP contribution in [0.3, 0.4) is 0 Å². The second kappa shape index (κ2) is 7.34. The largest absolute Gasteiger partial charge is 0.481 e. The Morgan fingerprint density at radius 1 is 1.25 bits per heavy atom. The number of amides is 1. The van der Waals surface area contributed by atoms with E-state index in [0.717, 1.165) is 25.7 Å². The minimum atomic E-state index is -0.815. The fourth-order valence-electron chi connectivity index (χ4n) is 3.01. The van der Waals surface area contributed by atoms with Crippen LogP contribution in [0.15, 0.2) is 0 Å². The summed E-state index contributed by atoms with van der Waals surface area (Å²) in [6, 6.07) is 0. The van der Waals surface area contributed by atoms with E-state index in [2.05, 4.69) is 25.4 Å². The first-order valence-corrected chi connectivity index (χ1v) is 8.71. The van der Waals surface area contributed by atoms with Gasteiger partial charge in [-0.1, -0.05) is 26.7 Å². The molecule has 0 saturated heterocycles. The van der Waals surface area contributed by atoms with Crippen molar-refractivity contribution in [1.82, 2.24) is 5.32 Å². The van der Waals surface area contributed by atoms with E-state index in [1.165, 1.54) is 0 Å². The number of carboxylic acids is 1. The van der Waals surface area contributed by atoms with Crippen molar-refractivity contribution in [1.29, 1.82) is 0 Å². The highest BCUT2D eigenvalue weighted by atomic mass is 32.2. The van der Waals surface area contributed by atoms with Gasteiger partial charge in [0.1, 0.15) is 0 Å². The predicted molar refractivity (Wildman–Crippen MR) is 83.0 cm³/mol. The number of carbonyl (C=O) groups excluding carboxylic acids is 1. The molecule has 1 rings (SSSR count). The quantitative estimate of drug-likeness (QED) is 0.723. The lowest BCUT2D eigenvalue weighted by atomic mass is 9.82. The van der Waals surface area contributed by atoms with Gasteiger partial charge in [-0.05, 0) is 31.9 Å². The molecule has 1 aliphatic rings. The summed E-state index contributed by atoms with van der Waals surface area (Å²) in [6.45, 7) is 4.87. The maximum absolute atomic E-state index is 12.1. The summed E-state index contributed by atoms with van der Waals surface area (Å²) in [5, 5.41) is 12.4. The number of rotatable bonds is 8. The van der Waals surface area contributed by atoms with Crippen molar-refractivity contribution < 1.29 is 14.7 Å². The van der Waals surface area contributed by atoms with Gasteiger partial charge in [0.2, 0.25) is 5.91 Å². The van der Waals surface area contributed by atoms with Crippen LogP contribution in [-0.4, -0.2) is 34.5 Å². The summed E-state index contributed by atoms with van der Waals surface area (Å²) >= 11 is 1.78. The Kier molecular flexibility index (Phi) is 6.37. The van der Waals surface area contributed by atoms with E-state index < -0.39 is 11.4 Å². The van der Waals surface area contributed by atoms with Gasteiger partial charge in [-0.3, -0.25) is 9.59 Å². The molecule has 0 heterocycles. The van der Waals surface area contributed by atoms with E-state index in [1.54, 1.807) is 11.8 Å². The molecule has 1 saturated carbocycles. The summed E-state index contributed by atoms with van der Waals surface area (Å²) in [5.74, 6) is -0.929. The average Bonchev–Trinajstić information content (AvgIpc) is 2.91. The Bertz CT molecular complexity index is 339. The highest BCUT2D eigenvalue weighted by Crippen LogP contribution is 2.41. The molecule has 1 amide bonds. The molecule has 4 nitrogen and oxygen atoms in total. The second-order valence-electron chi connectivity index (χ2n) is 5.84. The van der Waals surface area contributed by atoms with Crippen LogP contribution in [0, 0.1) is 5.41 Å². The smallest absolute Gasteiger partial charge is 0.310 e. The van der Waals surface area contributed by atoms with E-state index in [9.17, 15) is 14.7 Å². The molecule has 0 aliphatic heterocycles. The first-order valence-electron chi connectivity index (χ1n) is 7.49. The molecular weight excluding hydrogens is 274 g/mol. The maximum Gasteiger partial charge on any atom is 0.310 e. The second-order valence-corrected chi connectivity index (χ2v) is 7.11. The van der Waals surface area contributed by atoms with E-state index in [1.807, 2.05) is 0 Å². The average molecular weight is 301 g/mol. The molecule has 2 N–H and O–H groups in total. The van der Waals surface area contributed by atoms with Crippen molar-refractivity contribution in [2.45, 2.75) is 63.5 Å². The van der Waals surface area contributed by atoms with Gasteiger partial charge in [-0.15, -0.1) is 0 Å². The topological polar surface area (TPSA) is 66.4 Å². The third kappa shape index (κ3) is 3.90. The summed E-state index contributed by atoms with van der Waals surface area (Å²) in [7, 11) is 0. The van der Waals surface area contributed by atoms with Crippen molar-refractivity contribution in [2.24, 2.45) is 5.41 Å². The molecule has 0 spiro atoms. The van der Waals surface area contributed by atoms with Crippen LogP contribution in [0.1, 0.15) is 58.8 Å². The van der Waals surface area contributed by atoms with Gasteiger partial charge in [0.25, 0.3) is 0 Å². The van der Waals surface area contributed by atoms with Gasteiger partial charge in [0.05, 0.1) is 5.41 Å². The number of carbonyl (C=O) groups is 2. The third-order valence-electron chi connectivity index (χ3n) is 4.84. The van der Waals surface area contributed by atoms with Crippen LogP contribution in [0.5, 0.6) is 0 Å². The minimum absolute atomic E-state index is 0.0712. The lowest BCUT2D eigenvalue weighted by Crippen LogP contribution is -2.42. The number of hydrogen-bond acceptors (Lipinski definition) is 3. The van der Waals surface area contributed by atoms with E-state index in [4.69, 9.17) is 0 Å². The number of hydrogen-bond donors (Lipinski definition) is 2. The molecule has 20 heavy (non-hydrogen) atoms. The van der Waals surface area contributed by atoms with Crippen molar-refractivity contribution >= 4 is 23.6 Å². The molecule has 0 atom stereocenters. The Labute approximate surface area is 126 Å². The van der Waals surface area contributed by atoms with Gasteiger partial charge >= 0.3 is 5.97 Å². The summed E-state index contributed by atoms with van der Waals surface area (Å²) in [4.78, 5) is 23.6. The zero-order chi connectivity index (χ0) is 15.2. The summed E-state index contributed by atoms with van der Waals surface area (Å²) in [6.07, 6.45) is 7.27. The van der Waals surface area contributed by atoms with Gasteiger partial charge in [0.15, 0.2) is 0 Å². The van der Waals surface area contributed by atoms with Gasteiger partial charge in [-0.2, -0.15) is 11.8 Å². The summed E-state index contributed by atoms with van der Waals surface area (Å²) < 4.78 is 0.0712. The van der Waals surface area contributed by atoms with Crippen LogP contribution in [-0.2, 0) is 9.59 Å². The van der Waals surface area contributed by atoms with Gasteiger partial charge in [0, 0.05) is 17.7 Å². The lowest BCUT2D eigenvalue weighted by molar-refractivity contribution is -0.151. The first kappa shape index (κ1) is 17.3. The molecule has 0 aromatic carbocycles. The number of nitrogens with one attached hydrogen (secondary N) is 1. The fraction of sp³-hybridized carbons (Fsp3) is 0.867. The van der Waals surface area contributed by atoms with Gasteiger partial charge in [-0.25, -0.2) is 0 Å². The zero-order valence-corrected chi connectivity index (χ0v) is 13.6. The highest BCUT2D eigenvalue weighted by Gasteiger charge is 2.43. The van der Waals surface area contributed by atoms with Crippen molar-refractivity contribution in [2.75, 3.05) is 12.8 Å². The monoisotopic (exact) mass is 301 g/mol. The normalized spacial score (nSPS) is 17.9. The lowest BCUT2D eigenvalue weighted by Gasteiger charge is -2.30. The molecule has 1 aliphatic carbocycles. The maximum atomic E-state index is 12.1. The van der Waals surface area contributed by atoms with Crippen LogP contribution in [0.25, 0.3) is 0 Å². The Morgan fingerprint density at radius 3 is 2.20 bits per heavy atom. The van der Waals surface area contributed by atoms with E-state index in [0.29, 0.717) is 19.4 Å². The fourth-order valence-corrected chi connectivity index (χ4v) is 3.80. The van der Waals surface area contributed by atoms with Crippen LogP contribution >= 0.6 is 11.8 Å². The molecule has 5 heteroatoms. The summed E-state index contributed by atoms with van der Waals surface area (Å²) in [5.41, 5.74) is -0.815. The molecular formula is C15H27NO3S. The minimum Gasteiger partial charge on any atom is -0.481 e. The molecule has 0 aromatic heterocycles. The molecule has 116 valence electrons. The predicted octanol–water partition coefficient (Wildman–Crippen LogP) is 3.06. The highest BCUT2D eigenvalue weighted by molar-refractivity contribution is 8.00. The Balaban J connectivity index is 2.57. The molecule has 0 bridgehead atoms. The van der Waals surface area contributed by atoms with E-state index >= 15 is 0 Å². The third-order valence-corrected chi connectivity index (χ3v) is 6.43. The SMILES string of the molecule is CCC(CC)(CNC(=O)CC1(C(=O)O)CCCC1)SC. The molecule has 0 radical (unpaired) electrons. The van der Waals surface area contributed by atoms with Crippen molar-refractivity contribution in [3.8, 4) is 0 Å². The van der Waals surface area contributed by atoms with Crippen LogP contribution in [0.4, 0.5) is 0 Å². The number of carboxylic acid groups (broad SMARTS) is 1. The van der Waals surface area contributed by atoms with Crippen LogP contribution < -0.4 is 5.32 Å². The van der Waals surface area contributed by atoms with Gasteiger partial charge < -0.3 is 10.4 Å². The first-order chi connectivity index (χ1) is 9.43. The van der Waals surface area contributed by atoms with Crippen molar-refractivity contribution in [3.05, 3.63) is 0 Å². The Hall–Kier alpha value is -0.710. The zero-order valence-electron chi connectivity index (χ0n) is 12.8.